The number of aromatic amines is 1. The number of aliphatic hydroxyl groups is 1. The lowest BCUT2D eigenvalue weighted by atomic mass is 9.89. The number of phenols is 1. The third kappa shape index (κ3) is 13.7. The summed E-state index contributed by atoms with van der Waals surface area (Å²) in [5.74, 6) is -5.49. The van der Waals surface area contributed by atoms with Gasteiger partial charge >= 0.3 is 29.2 Å². The van der Waals surface area contributed by atoms with Gasteiger partial charge in [0.2, 0.25) is 0 Å². The summed E-state index contributed by atoms with van der Waals surface area (Å²) in [4.78, 5) is 54.1. The molecule has 2 saturated heterocycles. The Kier molecular flexibility index (Phi) is 16.4. The first kappa shape index (κ1) is 47.1. The van der Waals surface area contributed by atoms with Crippen molar-refractivity contribution in [3.63, 3.8) is 0 Å². The van der Waals surface area contributed by atoms with E-state index >= 15 is 0 Å². The maximum atomic E-state index is 13.2. The Hall–Kier alpha value is -4.61. The van der Waals surface area contributed by atoms with Gasteiger partial charge in [-0.2, -0.15) is 26.3 Å². The second kappa shape index (κ2) is 20.6. The van der Waals surface area contributed by atoms with Crippen molar-refractivity contribution in [2.45, 2.75) is 69.6 Å². The number of phenolic OH excluding ortho intramolecular Hbond substituents is 1. The first-order valence-electron chi connectivity index (χ1n) is 18.2. The van der Waals surface area contributed by atoms with Gasteiger partial charge in [0.05, 0.1) is 34.6 Å². The lowest BCUT2D eigenvalue weighted by molar-refractivity contribution is -0.193. The summed E-state index contributed by atoms with van der Waals surface area (Å²) in [6.45, 7) is 7.68. The number of morpholine rings is 1. The number of carbonyl (C=O) groups is 3. The first-order valence-corrected chi connectivity index (χ1v) is 19.9. The van der Waals surface area contributed by atoms with Crippen LogP contribution in [-0.2, 0) is 33.7 Å². The summed E-state index contributed by atoms with van der Waals surface area (Å²) in [6, 6.07) is 11.8. The van der Waals surface area contributed by atoms with Crippen LogP contribution in [0.3, 0.4) is 0 Å². The third-order valence-corrected chi connectivity index (χ3v) is 11.1. The van der Waals surface area contributed by atoms with Crippen LogP contribution < -0.4 is 10.2 Å². The van der Waals surface area contributed by atoms with Crippen LogP contribution in [0.1, 0.15) is 64.5 Å². The molecule has 1 spiro atoms. The number of H-pyrrole nitrogens is 1. The van der Waals surface area contributed by atoms with E-state index in [0.29, 0.717) is 54.3 Å². The second-order valence-electron chi connectivity index (χ2n) is 13.7. The number of benzene rings is 2. The van der Waals surface area contributed by atoms with Crippen molar-refractivity contribution < 1.29 is 65.9 Å². The van der Waals surface area contributed by atoms with E-state index in [1.165, 1.54) is 17.2 Å². The Morgan fingerprint density at radius 1 is 1.00 bits per heavy atom. The minimum Gasteiger partial charge on any atom is -0.506 e. The number of nitrogens with one attached hydrogen (secondary N) is 2. The molecule has 1 amide bonds. The molecule has 0 bridgehead atoms. The van der Waals surface area contributed by atoms with E-state index in [1.54, 1.807) is 17.4 Å². The van der Waals surface area contributed by atoms with Crippen molar-refractivity contribution in [1.82, 2.24) is 25.1 Å². The Morgan fingerprint density at radius 3 is 2.27 bits per heavy atom. The van der Waals surface area contributed by atoms with Crippen LogP contribution in [0.4, 0.5) is 26.3 Å². The summed E-state index contributed by atoms with van der Waals surface area (Å²) in [5.41, 5.74) is 3.78. The van der Waals surface area contributed by atoms with Crippen LogP contribution in [0.25, 0.3) is 10.2 Å². The third-order valence-electron chi connectivity index (χ3n) is 9.30. The Labute approximate surface area is 341 Å². The van der Waals surface area contributed by atoms with E-state index in [-0.39, 0.29) is 22.1 Å². The van der Waals surface area contributed by atoms with Gasteiger partial charge in [0.25, 0.3) is 5.91 Å². The highest BCUT2D eigenvalue weighted by Gasteiger charge is 2.42. The van der Waals surface area contributed by atoms with Gasteiger partial charge in [-0.25, -0.2) is 14.6 Å². The highest BCUT2D eigenvalue weighted by atomic mass is 32.1. The number of amides is 1. The molecule has 2 fully saturated rings. The molecule has 59 heavy (non-hydrogen) atoms. The summed E-state index contributed by atoms with van der Waals surface area (Å²) in [5, 5.41) is 41.3. The van der Waals surface area contributed by atoms with Gasteiger partial charge in [-0.05, 0) is 55.8 Å². The predicted molar refractivity (Wildman–Crippen MR) is 205 cm³/mol. The van der Waals surface area contributed by atoms with Crippen molar-refractivity contribution >= 4 is 50.7 Å². The van der Waals surface area contributed by atoms with Crippen molar-refractivity contribution in [1.29, 1.82) is 0 Å². The predicted octanol–water partition coefficient (Wildman–Crippen LogP) is 5.34. The SMILES string of the molecule is CCCc1nc(C(=O)N2CCOC3(CCN(Cc4cccc(CCNC[C@H](O)c5ccc(O)c6[nH]c(=O)sc56)c4)CC3)C2)cs1.O=C(O)C(F)(F)F.O=C(O)C(F)(F)F. The number of hydrogen-bond acceptors (Lipinski definition) is 12. The second-order valence-corrected chi connectivity index (χ2v) is 15.6. The van der Waals surface area contributed by atoms with E-state index in [4.69, 9.17) is 24.5 Å². The van der Waals surface area contributed by atoms with E-state index in [9.17, 15) is 46.1 Å². The number of carboxylic acids is 2. The summed E-state index contributed by atoms with van der Waals surface area (Å²) < 4.78 is 70.4. The minimum atomic E-state index is -5.08. The number of thiazole rings is 2. The van der Waals surface area contributed by atoms with E-state index in [2.05, 4.69) is 51.4 Å². The molecule has 0 saturated carbocycles. The Balaban J connectivity index is 0.000000471. The van der Waals surface area contributed by atoms with E-state index in [0.717, 1.165) is 68.1 Å². The zero-order valence-corrected chi connectivity index (χ0v) is 33.2. The van der Waals surface area contributed by atoms with Gasteiger partial charge < -0.3 is 40.4 Å². The molecule has 2 aromatic heterocycles. The van der Waals surface area contributed by atoms with Crippen molar-refractivity contribution in [2.24, 2.45) is 0 Å². The Bertz CT molecular complexity index is 2070. The molecule has 6 N–H and O–H groups in total. The van der Waals surface area contributed by atoms with E-state index < -0.39 is 30.4 Å². The average Bonchev–Trinajstić information content (AvgIpc) is 3.81. The number of hydrogen-bond donors (Lipinski definition) is 6. The smallest absolute Gasteiger partial charge is 0.490 e. The molecule has 2 aliphatic heterocycles. The maximum absolute atomic E-state index is 13.2. The summed E-state index contributed by atoms with van der Waals surface area (Å²) in [6.07, 6.45) is -6.41. The van der Waals surface area contributed by atoms with Crippen LogP contribution >= 0.6 is 22.7 Å². The zero-order valence-electron chi connectivity index (χ0n) is 31.6. The molecule has 4 heterocycles. The van der Waals surface area contributed by atoms with Crippen LogP contribution in [-0.4, -0.2) is 122 Å². The van der Waals surface area contributed by atoms with Gasteiger partial charge in [-0.1, -0.05) is 48.6 Å². The number of aromatic hydroxyl groups is 1. The number of carbonyl (C=O) groups excluding carboxylic acids is 1. The van der Waals surface area contributed by atoms with Gasteiger partial charge in [-0.3, -0.25) is 14.5 Å². The van der Waals surface area contributed by atoms with Gasteiger partial charge in [0, 0.05) is 43.7 Å². The number of fused-ring (bicyclic) bond motifs is 1. The summed E-state index contributed by atoms with van der Waals surface area (Å²) >= 11 is 2.57. The number of halogens is 6. The maximum Gasteiger partial charge on any atom is 0.490 e. The largest absolute Gasteiger partial charge is 0.506 e. The standard InChI is InChI=1S/C33H41N5O5S2.2C2HF3O2/c1-2-4-28-35-25(20-44-28)31(41)38-15-16-43-33(21-38)10-13-37(14-11-33)19-23-6-3-5-22(17-23)9-12-34-18-27(40)24-7-8-26(39)29-30(24)45-32(42)36-29;2*3-2(4,5)1(6)7/h3,5-8,17,20,27,34,39-40H,2,4,9-16,18-19,21H2,1H3,(H,36,42);2*(H,6,7)/t27-;;/m0../s1. The molecular formula is C37H43F6N5O9S2. The molecular weight excluding hydrogens is 837 g/mol. The first-order chi connectivity index (χ1) is 27.7. The normalized spacial score (nSPS) is 16.2. The number of aryl methyl sites for hydroxylation is 1. The quantitative estimate of drug-likeness (QED) is 0.0835. The molecule has 14 nitrogen and oxygen atoms in total. The molecule has 324 valence electrons. The van der Waals surface area contributed by atoms with Crippen molar-refractivity contribution in [3.05, 3.63) is 78.8 Å². The van der Waals surface area contributed by atoms with Gasteiger partial charge in [0.1, 0.15) is 17.0 Å². The van der Waals surface area contributed by atoms with Gasteiger partial charge in [0.15, 0.2) is 0 Å². The molecule has 2 aliphatic rings. The number of aliphatic carboxylic acids is 2. The lowest BCUT2D eigenvalue weighted by Crippen LogP contribution is -2.58. The topological polar surface area (TPSA) is 206 Å². The molecule has 0 unspecified atom stereocenters. The number of aromatic nitrogens is 2. The number of nitrogens with zero attached hydrogens (tertiary/aromatic N) is 3. The fourth-order valence-electron chi connectivity index (χ4n) is 6.36. The van der Waals surface area contributed by atoms with Crippen molar-refractivity contribution in [2.75, 3.05) is 45.9 Å². The molecule has 1 atom stereocenters. The number of piperidine rings is 1. The molecule has 4 aromatic rings. The number of ether oxygens (including phenoxy) is 1. The number of carboxylic acid groups (broad SMARTS) is 2. The minimum absolute atomic E-state index is 0.00460. The van der Waals surface area contributed by atoms with Crippen LogP contribution in [0, 0.1) is 0 Å². The molecule has 0 radical (unpaired) electrons. The molecule has 22 heteroatoms. The van der Waals surface area contributed by atoms with Gasteiger partial charge in [-0.15, -0.1) is 11.3 Å². The molecule has 6 rings (SSSR count). The number of rotatable bonds is 11. The fourth-order valence-corrected chi connectivity index (χ4v) is 8.16. The average molecular weight is 880 g/mol. The highest BCUT2D eigenvalue weighted by molar-refractivity contribution is 7.16. The zero-order chi connectivity index (χ0) is 43.5. The number of alkyl halides is 6. The Morgan fingerprint density at radius 2 is 1.64 bits per heavy atom. The molecule has 2 aromatic carbocycles. The van der Waals surface area contributed by atoms with Crippen LogP contribution in [0.2, 0.25) is 0 Å². The fraction of sp³-hybridized carbons (Fsp3) is 0.486. The summed E-state index contributed by atoms with van der Waals surface area (Å²) in [7, 11) is 0. The lowest BCUT2D eigenvalue weighted by Gasteiger charge is -2.47. The van der Waals surface area contributed by atoms with Crippen molar-refractivity contribution in [3.8, 4) is 5.75 Å². The molecule has 0 aliphatic carbocycles. The number of likely N-dealkylation sites (tertiary alicyclic amines) is 1. The monoisotopic (exact) mass is 879 g/mol. The number of aliphatic hydroxyl groups excluding tert-OH is 1. The highest BCUT2D eigenvalue weighted by Crippen LogP contribution is 2.33. The van der Waals surface area contributed by atoms with Crippen LogP contribution in [0.5, 0.6) is 5.75 Å². The van der Waals surface area contributed by atoms with Crippen LogP contribution in [0.15, 0.2) is 46.6 Å². The van der Waals surface area contributed by atoms with E-state index in [1.807, 2.05) is 10.3 Å².